The molecule has 94 valence electrons. The van der Waals surface area contributed by atoms with Crippen LogP contribution in [0.5, 0.6) is 5.75 Å². The molecule has 2 N–H and O–H groups in total. The van der Waals surface area contributed by atoms with E-state index in [1.807, 2.05) is 12.1 Å². The predicted octanol–water partition coefficient (Wildman–Crippen LogP) is 1.97. The van der Waals surface area contributed by atoms with E-state index in [4.69, 9.17) is 0 Å². The largest absolute Gasteiger partial charge is 0.508 e. The van der Waals surface area contributed by atoms with Crippen molar-refractivity contribution in [1.82, 2.24) is 10.2 Å². The lowest BCUT2D eigenvalue weighted by Crippen LogP contribution is -2.31. The number of benzene rings is 1. The summed E-state index contributed by atoms with van der Waals surface area (Å²) in [4.78, 5) is 2.43. The van der Waals surface area contributed by atoms with Crippen molar-refractivity contribution < 1.29 is 5.11 Å². The second-order valence-electron chi connectivity index (χ2n) is 4.92. The van der Waals surface area contributed by atoms with Crippen LogP contribution in [0.1, 0.15) is 24.8 Å². The lowest BCUT2D eigenvalue weighted by molar-refractivity contribution is 0.216. The van der Waals surface area contributed by atoms with Gasteiger partial charge in [0.1, 0.15) is 5.75 Å². The van der Waals surface area contributed by atoms with E-state index in [0.717, 1.165) is 19.6 Å². The topological polar surface area (TPSA) is 35.5 Å². The number of phenolic OH excluding ortho intramolecular Hbond substituents is 1. The highest BCUT2D eigenvalue weighted by atomic mass is 16.3. The fourth-order valence-electron chi connectivity index (χ4n) is 2.46. The summed E-state index contributed by atoms with van der Waals surface area (Å²) in [6, 6.07) is 8.20. The van der Waals surface area contributed by atoms with Crippen molar-refractivity contribution in [2.24, 2.45) is 0 Å². The molecule has 1 fully saturated rings. The second kappa shape index (κ2) is 6.03. The van der Waals surface area contributed by atoms with Crippen molar-refractivity contribution in [2.75, 3.05) is 20.1 Å². The van der Waals surface area contributed by atoms with E-state index in [1.165, 1.54) is 24.8 Å². The lowest BCUT2D eigenvalue weighted by atomic mass is 10.1. The molecule has 3 heteroatoms. The van der Waals surface area contributed by atoms with Gasteiger partial charge in [-0.15, -0.1) is 0 Å². The standard InChI is InChI=1S/C14H22N2O/c1-16(13-3-2-9-15-10-8-13)11-12-4-6-14(17)7-5-12/h4-7,13,15,17H,2-3,8-11H2,1H3. The zero-order valence-electron chi connectivity index (χ0n) is 10.5. The van der Waals surface area contributed by atoms with Crippen LogP contribution in [-0.2, 0) is 6.54 Å². The minimum atomic E-state index is 0.343. The highest BCUT2D eigenvalue weighted by molar-refractivity contribution is 5.25. The first-order valence-corrected chi connectivity index (χ1v) is 6.44. The molecule has 1 atom stereocenters. The maximum atomic E-state index is 9.25. The van der Waals surface area contributed by atoms with Crippen LogP contribution >= 0.6 is 0 Å². The Labute approximate surface area is 103 Å². The van der Waals surface area contributed by atoms with Crippen LogP contribution in [-0.4, -0.2) is 36.2 Å². The predicted molar refractivity (Wildman–Crippen MR) is 70.1 cm³/mol. The number of hydrogen-bond acceptors (Lipinski definition) is 3. The molecule has 1 aromatic rings. The van der Waals surface area contributed by atoms with Crippen molar-refractivity contribution in [3.05, 3.63) is 29.8 Å². The molecule has 0 aromatic heterocycles. The summed E-state index contributed by atoms with van der Waals surface area (Å²) in [6.07, 6.45) is 3.78. The number of hydrogen-bond donors (Lipinski definition) is 2. The molecule has 2 rings (SSSR count). The van der Waals surface area contributed by atoms with Gasteiger partial charge in [0.05, 0.1) is 0 Å². The molecule has 1 saturated heterocycles. The number of nitrogens with one attached hydrogen (secondary N) is 1. The third-order valence-corrected chi connectivity index (χ3v) is 3.54. The first-order valence-electron chi connectivity index (χ1n) is 6.44. The first kappa shape index (κ1) is 12.4. The molecule has 1 unspecified atom stereocenters. The third kappa shape index (κ3) is 3.72. The summed E-state index contributed by atoms with van der Waals surface area (Å²) in [5.74, 6) is 0.343. The van der Waals surface area contributed by atoms with Gasteiger partial charge in [0.25, 0.3) is 0 Å². The molecule has 1 aliphatic heterocycles. The van der Waals surface area contributed by atoms with E-state index in [9.17, 15) is 5.11 Å². The van der Waals surface area contributed by atoms with Crippen LogP contribution in [0.15, 0.2) is 24.3 Å². The van der Waals surface area contributed by atoms with E-state index in [2.05, 4.69) is 17.3 Å². The van der Waals surface area contributed by atoms with E-state index in [1.54, 1.807) is 12.1 Å². The number of phenols is 1. The van der Waals surface area contributed by atoms with E-state index < -0.39 is 0 Å². The summed E-state index contributed by atoms with van der Waals surface area (Å²) >= 11 is 0. The van der Waals surface area contributed by atoms with E-state index >= 15 is 0 Å². The monoisotopic (exact) mass is 234 g/mol. The molecule has 1 aromatic carbocycles. The van der Waals surface area contributed by atoms with E-state index in [0.29, 0.717) is 11.8 Å². The SMILES string of the molecule is CN(Cc1ccc(O)cc1)C1CCCNCC1. The third-order valence-electron chi connectivity index (χ3n) is 3.54. The molecule has 1 heterocycles. The zero-order chi connectivity index (χ0) is 12.1. The van der Waals surface area contributed by atoms with Crippen molar-refractivity contribution in [1.29, 1.82) is 0 Å². The minimum Gasteiger partial charge on any atom is -0.508 e. The summed E-state index contributed by atoms with van der Waals surface area (Å²) in [5, 5.41) is 12.7. The fraction of sp³-hybridized carbons (Fsp3) is 0.571. The molecular weight excluding hydrogens is 212 g/mol. The quantitative estimate of drug-likeness (QED) is 0.839. The van der Waals surface area contributed by atoms with E-state index in [-0.39, 0.29) is 0 Å². The van der Waals surface area contributed by atoms with Gasteiger partial charge in [-0.25, -0.2) is 0 Å². The van der Waals surface area contributed by atoms with Crippen LogP contribution in [0.4, 0.5) is 0 Å². The average molecular weight is 234 g/mol. The summed E-state index contributed by atoms with van der Waals surface area (Å²) in [6.45, 7) is 3.25. The van der Waals surface area contributed by atoms with Gasteiger partial charge in [0.15, 0.2) is 0 Å². The Hall–Kier alpha value is -1.06. The molecule has 0 radical (unpaired) electrons. The first-order chi connectivity index (χ1) is 8.25. The van der Waals surface area contributed by atoms with Crippen LogP contribution in [0.25, 0.3) is 0 Å². The minimum absolute atomic E-state index is 0.343. The maximum Gasteiger partial charge on any atom is 0.115 e. The molecule has 1 aliphatic rings. The van der Waals surface area contributed by atoms with Crippen molar-refractivity contribution in [3.63, 3.8) is 0 Å². The molecule has 0 saturated carbocycles. The highest BCUT2D eigenvalue weighted by Gasteiger charge is 2.16. The molecule has 3 nitrogen and oxygen atoms in total. The molecule has 0 amide bonds. The Morgan fingerprint density at radius 1 is 1.24 bits per heavy atom. The normalized spacial score (nSPS) is 21.4. The Morgan fingerprint density at radius 2 is 2.00 bits per heavy atom. The van der Waals surface area contributed by atoms with Crippen molar-refractivity contribution in [2.45, 2.75) is 31.8 Å². The van der Waals surface area contributed by atoms with Gasteiger partial charge in [-0.2, -0.15) is 0 Å². The number of rotatable bonds is 3. The molecule has 0 spiro atoms. The smallest absolute Gasteiger partial charge is 0.115 e. The Morgan fingerprint density at radius 3 is 2.76 bits per heavy atom. The van der Waals surface area contributed by atoms with Crippen LogP contribution in [0.2, 0.25) is 0 Å². The van der Waals surface area contributed by atoms with Gasteiger partial charge in [-0.05, 0) is 57.1 Å². The fourth-order valence-corrected chi connectivity index (χ4v) is 2.46. The van der Waals surface area contributed by atoms with Crippen LogP contribution < -0.4 is 5.32 Å². The van der Waals surface area contributed by atoms with Gasteiger partial charge in [-0.1, -0.05) is 12.1 Å². The maximum absolute atomic E-state index is 9.25. The van der Waals surface area contributed by atoms with Crippen LogP contribution in [0.3, 0.4) is 0 Å². The van der Waals surface area contributed by atoms with Gasteiger partial charge in [0, 0.05) is 12.6 Å². The molecule has 0 aliphatic carbocycles. The summed E-state index contributed by atoms with van der Waals surface area (Å²) in [5.41, 5.74) is 1.27. The Bertz CT molecular complexity index is 329. The molecular formula is C14H22N2O. The summed E-state index contributed by atoms with van der Waals surface area (Å²) < 4.78 is 0. The molecule has 17 heavy (non-hydrogen) atoms. The van der Waals surface area contributed by atoms with Crippen molar-refractivity contribution in [3.8, 4) is 5.75 Å². The van der Waals surface area contributed by atoms with Gasteiger partial charge in [-0.3, -0.25) is 4.90 Å². The number of aromatic hydroxyl groups is 1. The Balaban J connectivity index is 1.90. The average Bonchev–Trinajstić information content (AvgIpc) is 2.61. The number of nitrogens with zero attached hydrogens (tertiary/aromatic N) is 1. The van der Waals surface area contributed by atoms with Crippen molar-refractivity contribution >= 4 is 0 Å². The highest BCUT2D eigenvalue weighted by Crippen LogP contribution is 2.16. The van der Waals surface area contributed by atoms with Gasteiger partial charge < -0.3 is 10.4 Å². The second-order valence-corrected chi connectivity index (χ2v) is 4.92. The summed E-state index contributed by atoms with van der Waals surface area (Å²) in [7, 11) is 2.20. The Kier molecular flexibility index (Phi) is 4.40. The van der Waals surface area contributed by atoms with Crippen LogP contribution in [0, 0.1) is 0 Å². The molecule has 0 bridgehead atoms. The zero-order valence-corrected chi connectivity index (χ0v) is 10.5. The van der Waals surface area contributed by atoms with Gasteiger partial charge in [0.2, 0.25) is 0 Å². The lowest BCUT2D eigenvalue weighted by Gasteiger charge is -2.26. The van der Waals surface area contributed by atoms with Gasteiger partial charge >= 0.3 is 0 Å².